The van der Waals surface area contributed by atoms with E-state index in [0.717, 1.165) is 25.9 Å². The van der Waals surface area contributed by atoms with Gasteiger partial charge in [0.25, 0.3) is 0 Å². The molecule has 5 atom stereocenters. The minimum absolute atomic E-state index is 0.188. The highest BCUT2D eigenvalue weighted by atomic mass is 16.2. The summed E-state index contributed by atoms with van der Waals surface area (Å²) >= 11 is 0. The van der Waals surface area contributed by atoms with E-state index in [1.807, 2.05) is 0 Å². The molecule has 0 radical (unpaired) electrons. The van der Waals surface area contributed by atoms with Gasteiger partial charge in [-0.2, -0.15) is 0 Å². The fourth-order valence-corrected chi connectivity index (χ4v) is 5.66. The van der Waals surface area contributed by atoms with Crippen LogP contribution >= 0.6 is 0 Å². The van der Waals surface area contributed by atoms with E-state index in [2.05, 4.69) is 58.0 Å². The van der Waals surface area contributed by atoms with Crippen LogP contribution in [0.2, 0.25) is 0 Å². The third kappa shape index (κ3) is 3.58. The Kier molecular flexibility index (Phi) is 5.81. The zero-order valence-electron chi connectivity index (χ0n) is 17.7. The van der Waals surface area contributed by atoms with Gasteiger partial charge >= 0.3 is 0 Å². The Morgan fingerprint density at radius 2 is 1.92 bits per heavy atom. The number of likely N-dealkylation sites (tertiary alicyclic amines) is 1. The molecule has 0 aromatic heterocycles. The Balaban J connectivity index is 1.93. The number of hydrogen-bond donors (Lipinski definition) is 1. The summed E-state index contributed by atoms with van der Waals surface area (Å²) in [6.07, 6.45) is 5.45. The van der Waals surface area contributed by atoms with Gasteiger partial charge in [0.15, 0.2) is 0 Å². The number of carbonyl (C=O) groups excluding carboxylic acids is 1. The van der Waals surface area contributed by atoms with Crippen molar-refractivity contribution in [1.82, 2.24) is 10.2 Å². The number of piperidine rings is 1. The monoisotopic (exact) mass is 361 g/mol. The van der Waals surface area contributed by atoms with Gasteiger partial charge in [-0.15, -0.1) is 0 Å². The summed E-state index contributed by atoms with van der Waals surface area (Å²) in [5.41, 5.74) is -0.529. The summed E-state index contributed by atoms with van der Waals surface area (Å²) in [5.74, 6) is 3.44. The summed E-state index contributed by atoms with van der Waals surface area (Å²) < 4.78 is 0. The smallest absolute Gasteiger partial charge is 0.248 e. The first-order valence-corrected chi connectivity index (χ1v) is 10.8. The molecule has 0 aromatic carbocycles. The lowest BCUT2D eigenvalue weighted by atomic mass is 9.54. The largest absolute Gasteiger partial charge is 0.354 e. The standard InChI is InChI=1S/C22H39N3O/c1-14(2)9-19-20-18-12-24-22(19,21(26)23-11-15(3)4)10-17(18)7-8-25(20)13-16(5)6/h12,14-20H,7-11,13H2,1-6H3,(H,23,26)/t17-,18+,19+,20-,22-/m0/s1. The van der Waals surface area contributed by atoms with Gasteiger partial charge in [0.05, 0.1) is 0 Å². The number of hydrogen-bond acceptors (Lipinski definition) is 3. The second kappa shape index (κ2) is 7.61. The van der Waals surface area contributed by atoms with Crippen LogP contribution in [0.5, 0.6) is 0 Å². The van der Waals surface area contributed by atoms with Crippen LogP contribution in [0, 0.1) is 35.5 Å². The van der Waals surface area contributed by atoms with Gasteiger partial charge in [-0.05, 0) is 49.5 Å². The molecule has 26 heavy (non-hydrogen) atoms. The van der Waals surface area contributed by atoms with Gasteiger partial charge in [-0.3, -0.25) is 14.7 Å². The third-order valence-corrected chi connectivity index (χ3v) is 6.61. The van der Waals surface area contributed by atoms with Crippen molar-refractivity contribution in [2.75, 3.05) is 19.6 Å². The van der Waals surface area contributed by atoms with Crippen molar-refractivity contribution in [3.05, 3.63) is 0 Å². The number of nitrogens with one attached hydrogen (secondary N) is 1. The summed E-state index contributed by atoms with van der Waals surface area (Å²) in [6.45, 7) is 16.6. The molecule has 4 heteroatoms. The first kappa shape index (κ1) is 19.9. The van der Waals surface area contributed by atoms with Gasteiger partial charge < -0.3 is 5.32 Å². The molecule has 1 N–H and O–H groups in total. The van der Waals surface area contributed by atoms with Crippen LogP contribution in [0.15, 0.2) is 4.99 Å². The molecule has 1 saturated heterocycles. The number of aliphatic imine (C=N–C) groups is 1. The molecule has 1 aliphatic carbocycles. The molecule has 4 rings (SSSR count). The van der Waals surface area contributed by atoms with Gasteiger partial charge in [-0.1, -0.05) is 41.5 Å². The van der Waals surface area contributed by atoms with Crippen molar-refractivity contribution >= 4 is 12.1 Å². The lowest BCUT2D eigenvalue weighted by Crippen LogP contribution is -2.70. The van der Waals surface area contributed by atoms with Crippen LogP contribution in [0.25, 0.3) is 0 Å². The molecule has 0 spiro atoms. The fraction of sp³-hybridized carbons (Fsp3) is 0.909. The number of carbonyl (C=O) groups is 1. The van der Waals surface area contributed by atoms with Gasteiger partial charge in [-0.25, -0.2) is 0 Å². The van der Waals surface area contributed by atoms with Gasteiger partial charge in [0, 0.05) is 37.2 Å². The van der Waals surface area contributed by atoms with Crippen molar-refractivity contribution < 1.29 is 4.79 Å². The molecule has 148 valence electrons. The topological polar surface area (TPSA) is 44.7 Å². The van der Waals surface area contributed by atoms with Crippen LogP contribution in [0.1, 0.15) is 60.8 Å². The highest BCUT2D eigenvalue weighted by Crippen LogP contribution is 2.53. The zero-order valence-corrected chi connectivity index (χ0v) is 17.7. The van der Waals surface area contributed by atoms with Crippen LogP contribution in [0.3, 0.4) is 0 Å². The Morgan fingerprint density at radius 1 is 1.19 bits per heavy atom. The van der Waals surface area contributed by atoms with E-state index in [-0.39, 0.29) is 5.91 Å². The van der Waals surface area contributed by atoms with E-state index in [0.29, 0.717) is 41.5 Å². The summed E-state index contributed by atoms with van der Waals surface area (Å²) in [4.78, 5) is 21.1. The van der Waals surface area contributed by atoms with Crippen molar-refractivity contribution in [3.63, 3.8) is 0 Å². The lowest BCUT2D eigenvalue weighted by molar-refractivity contribution is -0.139. The Bertz CT molecular complexity index is 542. The Morgan fingerprint density at radius 3 is 2.54 bits per heavy atom. The van der Waals surface area contributed by atoms with Crippen LogP contribution in [-0.4, -0.2) is 48.2 Å². The molecule has 4 aliphatic rings. The van der Waals surface area contributed by atoms with Crippen molar-refractivity contribution in [2.24, 2.45) is 40.5 Å². The summed E-state index contributed by atoms with van der Waals surface area (Å²) in [6, 6.07) is 0.495. The van der Waals surface area contributed by atoms with Crippen LogP contribution in [-0.2, 0) is 4.79 Å². The minimum Gasteiger partial charge on any atom is -0.354 e. The Labute approximate surface area is 160 Å². The molecular weight excluding hydrogens is 322 g/mol. The second-order valence-corrected chi connectivity index (χ2v) is 10.3. The maximum atomic E-state index is 13.4. The zero-order chi connectivity index (χ0) is 19.1. The highest BCUT2D eigenvalue weighted by molar-refractivity contribution is 5.91. The van der Waals surface area contributed by atoms with E-state index < -0.39 is 5.54 Å². The molecule has 4 nitrogen and oxygen atoms in total. The fourth-order valence-electron chi connectivity index (χ4n) is 5.66. The van der Waals surface area contributed by atoms with Crippen molar-refractivity contribution in [3.8, 4) is 0 Å². The van der Waals surface area contributed by atoms with E-state index in [9.17, 15) is 4.79 Å². The minimum atomic E-state index is -0.529. The number of rotatable bonds is 7. The SMILES string of the molecule is CC(C)CNC(=O)[C@@]12C[C@@H]3CCN(CC(C)C)[C@@H]([C@@H]3C=N1)[C@H]2CC(C)C. The molecular formula is C22H39N3O. The normalized spacial score (nSPS) is 36.3. The molecule has 3 aliphatic heterocycles. The van der Waals surface area contributed by atoms with E-state index in [1.165, 1.54) is 13.0 Å². The first-order valence-electron chi connectivity index (χ1n) is 10.8. The van der Waals surface area contributed by atoms with E-state index in [1.54, 1.807) is 0 Å². The third-order valence-electron chi connectivity index (χ3n) is 6.61. The Hall–Kier alpha value is -0.900. The van der Waals surface area contributed by atoms with Gasteiger partial charge in [0.2, 0.25) is 5.91 Å². The average Bonchev–Trinajstić information content (AvgIpc) is 2.56. The maximum Gasteiger partial charge on any atom is 0.248 e. The van der Waals surface area contributed by atoms with E-state index >= 15 is 0 Å². The molecule has 2 fully saturated rings. The average molecular weight is 362 g/mol. The van der Waals surface area contributed by atoms with Crippen molar-refractivity contribution in [2.45, 2.75) is 72.4 Å². The molecule has 0 aromatic rings. The first-order chi connectivity index (χ1) is 12.2. The van der Waals surface area contributed by atoms with Crippen LogP contribution < -0.4 is 5.32 Å². The molecule has 3 heterocycles. The lowest BCUT2D eigenvalue weighted by Gasteiger charge is -2.60. The maximum absolute atomic E-state index is 13.4. The predicted molar refractivity (Wildman–Crippen MR) is 108 cm³/mol. The molecule has 1 saturated carbocycles. The summed E-state index contributed by atoms with van der Waals surface area (Å²) in [5, 5.41) is 3.25. The molecule has 0 unspecified atom stereocenters. The van der Waals surface area contributed by atoms with Gasteiger partial charge in [0.1, 0.15) is 5.54 Å². The number of nitrogens with zero attached hydrogens (tertiary/aromatic N) is 2. The predicted octanol–water partition coefficient (Wildman–Crippen LogP) is 3.61. The number of amides is 1. The molecule has 4 bridgehead atoms. The van der Waals surface area contributed by atoms with Crippen molar-refractivity contribution in [1.29, 1.82) is 0 Å². The van der Waals surface area contributed by atoms with Crippen LogP contribution in [0.4, 0.5) is 0 Å². The highest BCUT2D eigenvalue weighted by Gasteiger charge is 2.61. The molecule has 1 amide bonds. The van der Waals surface area contributed by atoms with E-state index in [4.69, 9.17) is 4.99 Å². The second-order valence-electron chi connectivity index (χ2n) is 10.3. The quantitative estimate of drug-likeness (QED) is 0.753. The summed E-state index contributed by atoms with van der Waals surface area (Å²) in [7, 11) is 0.